The summed E-state index contributed by atoms with van der Waals surface area (Å²) in [4.78, 5) is 4.16. The minimum absolute atomic E-state index is 0.184. The van der Waals surface area contributed by atoms with Crippen LogP contribution in [0.5, 0.6) is 0 Å². The molecule has 1 N–H and O–H groups in total. The first-order chi connectivity index (χ1) is 9.24. The van der Waals surface area contributed by atoms with Gasteiger partial charge < -0.3 is 5.32 Å². The molecule has 0 saturated heterocycles. The Labute approximate surface area is 112 Å². The third-order valence-corrected chi connectivity index (χ3v) is 3.67. The highest BCUT2D eigenvalue weighted by atomic mass is 19.1. The second-order valence-corrected chi connectivity index (χ2v) is 5.20. The monoisotopic (exact) mass is 256 g/mol. The van der Waals surface area contributed by atoms with Gasteiger partial charge >= 0.3 is 0 Å². The molecule has 1 aliphatic rings. The molecule has 0 radical (unpaired) electrons. The summed E-state index contributed by atoms with van der Waals surface area (Å²) in [6.45, 7) is 2.07. The molecule has 0 aliphatic heterocycles. The van der Waals surface area contributed by atoms with Gasteiger partial charge in [-0.15, -0.1) is 0 Å². The maximum Gasteiger partial charge on any atom is 0.123 e. The molecule has 1 aromatic carbocycles. The SMILES string of the molecule is Cc1ccncc1NC(c1ccc(F)cc1)C1CC1. The lowest BCUT2D eigenvalue weighted by atomic mass is 10.0. The van der Waals surface area contributed by atoms with E-state index in [2.05, 4.69) is 17.2 Å². The molecule has 1 heterocycles. The van der Waals surface area contributed by atoms with Crippen LogP contribution in [-0.4, -0.2) is 4.98 Å². The van der Waals surface area contributed by atoms with Crippen LogP contribution in [0.3, 0.4) is 0 Å². The summed E-state index contributed by atoms with van der Waals surface area (Å²) in [6, 6.07) is 9.05. The van der Waals surface area contributed by atoms with Crippen LogP contribution in [0.25, 0.3) is 0 Å². The number of nitrogens with one attached hydrogen (secondary N) is 1. The third-order valence-electron chi connectivity index (χ3n) is 3.67. The van der Waals surface area contributed by atoms with Crippen LogP contribution in [0.15, 0.2) is 42.7 Å². The maximum atomic E-state index is 13.0. The van der Waals surface area contributed by atoms with E-state index in [9.17, 15) is 4.39 Å². The maximum absolute atomic E-state index is 13.0. The van der Waals surface area contributed by atoms with Crippen LogP contribution in [-0.2, 0) is 0 Å². The van der Waals surface area contributed by atoms with Crippen molar-refractivity contribution in [1.29, 1.82) is 0 Å². The molecule has 1 saturated carbocycles. The van der Waals surface area contributed by atoms with E-state index in [-0.39, 0.29) is 11.9 Å². The van der Waals surface area contributed by atoms with Gasteiger partial charge in [-0.1, -0.05) is 12.1 Å². The van der Waals surface area contributed by atoms with E-state index in [1.807, 2.05) is 24.4 Å². The fourth-order valence-electron chi connectivity index (χ4n) is 2.36. The number of anilines is 1. The van der Waals surface area contributed by atoms with E-state index >= 15 is 0 Å². The van der Waals surface area contributed by atoms with Crippen molar-refractivity contribution in [3.05, 3.63) is 59.7 Å². The highest BCUT2D eigenvalue weighted by Crippen LogP contribution is 2.43. The number of halogens is 1. The number of aromatic nitrogens is 1. The van der Waals surface area contributed by atoms with E-state index in [1.165, 1.54) is 30.5 Å². The van der Waals surface area contributed by atoms with Crippen LogP contribution >= 0.6 is 0 Å². The number of pyridine rings is 1. The number of aryl methyl sites for hydroxylation is 1. The summed E-state index contributed by atoms with van der Waals surface area (Å²) in [5.74, 6) is 0.459. The first-order valence-electron chi connectivity index (χ1n) is 6.66. The molecule has 1 aliphatic carbocycles. The fraction of sp³-hybridized carbons (Fsp3) is 0.312. The van der Waals surface area contributed by atoms with Crippen molar-refractivity contribution in [3.63, 3.8) is 0 Å². The molecular weight excluding hydrogens is 239 g/mol. The van der Waals surface area contributed by atoms with Crippen LogP contribution in [0.2, 0.25) is 0 Å². The Kier molecular flexibility index (Phi) is 3.20. The summed E-state index contributed by atoms with van der Waals surface area (Å²) >= 11 is 0. The Hall–Kier alpha value is -1.90. The van der Waals surface area contributed by atoms with Crippen LogP contribution < -0.4 is 5.32 Å². The Morgan fingerprint density at radius 2 is 1.95 bits per heavy atom. The predicted molar refractivity (Wildman–Crippen MR) is 74.5 cm³/mol. The normalized spacial score (nSPS) is 16.1. The molecule has 3 heteroatoms. The summed E-state index contributed by atoms with van der Waals surface area (Å²) in [5.41, 5.74) is 3.39. The molecule has 19 heavy (non-hydrogen) atoms. The highest BCUT2D eigenvalue weighted by molar-refractivity contribution is 5.50. The molecule has 0 spiro atoms. The van der Waals surface area contributed by atoms with Gasteiger partial charge in [-0.05, 0) is 55.0 Å². The highest BCUT2D eigenvalue weighted by Gasteiger charge is 2.32. The Morgan fingerprint density at radius 1 is 1.21 bits per heavy atom. The minimum atomic E-state index is -0.184. The van der Waals surface area contributed by atoms with E-state index in [4.69, 9.17) is 0 Å². The Bertz CT molecular complexity index is 561. The van der Waals surface area contributed by atoms with E-state index in [1.54, 1.807) is 6.20 Å². The van der Waals surface area contributed by atoms with E-state index in [0.29, 0.717) is 5.92 Å². The van der Waals surface area contributed by atoms with Crippen molar-refractivity contribution in [2.24, 2.45) is 5.92 Å². The zero-order valence-corrected chi connectivity index (χ0v) is 10.9. The van der Waals surface area contributed by atoms with Gasteiger partial charge in [-0.2, -0.15) is 0 Å². The van der Waals surface area contributed by atoms with Crippen molar-refractivity contribution in [1.82, 2.24) is 4.98 Å². The molecule has 1 unspecified atom stereocenters. The number of nitrogens with zero attached hydrogens (tertiary/aromatic N) is 1. The molecular formula is C16H17FN2. The summed E-state index contributed by atoms with van der Waals surface area (Å²) < 4.78 is 13.0. The van der Waals surface area contributed by atoms with Crippen LogP contribution in [0, 0.1) is 18.7 Å². The molecule has 1 fully saturated rings. The van der Waals surface area contributed by atoms with Gasteiger partial charge in [0, 0.05) is 6.20 Å². The Balaban J connectivity index is 1.86. The second kappa shape index (κ2) is 5.00. The zero-order chi connectivity index (χ0) is 13.2. The minimum Gasteiger partial charge on any atom is -0.376 e. The molecule has 1 atom stereocenters. The van der Waals surface area contributed by atoms with Gasteiger partial charge in [0.05, 0.1) is 17.9 Å². The third kappa shape index (κ3) is 2.75. The summed E-state index contributed by atoms with van der Waals surface area (Å²) in [6.07, 6.45) is 6.11. The van der Waals surface area contributed by atoms with Crippen LogP contribution in [0.4, 0.5) is 10.1 Å². The van der Waals surface area contributed by atoms with E-state index in [0.717, 1.165) is 11.3 Å². The molecule has 98 valence electrons. The van der Waals surface area contributed by atoms with Crippen molar-refractivity contribution < 1.29 is 4.39 Å². The number of rotatable bonds is 4. The first-order valence-corrected chi connectivity index (χ1v) is 6.66. The molecule has 0 bridgehead atoms. The van der Waals surface area contributed by atoms with Crippen molar-refractivity contribution in [3.8, 4) is 0 Å². The van der Waals surface area contributed by atoms with Gasteiger partial charge in [-0.3, -0.25) is 4.98 Å². The topological polar surface area (TPSA) is 24.9 Å². The van der Waals surface area contributed by atoms with E-state index < -0.39 is 0 Å². The molecule has 0 amide bonds. The van der Waals surface area contributed by atoms with Gasteiger partial charge in [0.15, 0.2) is 0 Å². The van der Waals surface area contributed by atoms with Crippen molar-refractivity contribution in [2.45, 2.75) is 25.8 Å². The van der Waals surface area contributed by atoms with Crippen molar-refractivity contribution >= 4 is 5.69 Å². The lowest BCUT2D eigenvalue weighted by Gasteiger charge is -2.21. The number of hydrogen-bond donors (Lipinski definition) is 1. The van der Waals surface area contributed by atoms with Crippen molar-refractivity contribution in [2.75, 3.05) is 5.32 Å². The quantitative estimate of drug-likeness (QED) is 0.891. The van der Waals surface area contributed by atoms with Gasteiger partial charge in [0.25, 0.3) is 0 Å². The zero-order valence-electron chi connectivity index (χ0n) is 10.9. The average molecular weight is 256 g/mol. The molecule has 2 nitrogen and oxygen atoms in total. The molecule has 1 aromatic heterocycles. The lowest BCUT2D eigenvalue weighted by molar-refractivity contribution is 0.622. The first kappa shape index (κ1) is 12.2. The van der Waals surface area contributed by atoms with Crippen LogP contribution in [0.1, 0.15) is 30.0 Å². The van der Waals surface area contributed by atoms with Gasteiger partial charge in [0.2, 0.25) is 0 Å². The summed E-state index contributed by atoms with van der Waals surface area (Å²) in [7, 11) is 0. The number of hydrogen-bond acceptors (Lipinski definition) is 2. The molecule has 3 rings (SSSR count). The Morgan fingerprint density at radius 3 is 2.58 bits per heavy atom. The second-order valence-electron chi connectivity index (χ2n) is 5.20. The lowest BCUT2D eigenvalue weighted by Crippen LogP contribution is -2.13. The smallest absolute Gasteiger partial charge is 0.123 e. The number of benzene rings is 1. The van der Waals surface area contributed by atoms with Gasteiger partial charge in [0.1, 0.15) is 5.82 Å². The average Bonchev–Trinajstić information content (AvgIpc) is 3.24. The predicted octanol–water partition coefficient (Wildman–Crippen LogP) is 4.09. The van der Waals surface area contributed by atoms with Gasteiger partial charge in [-0.25, -0.2) is 4.39 Å². The largest absolute Gasteiger partial charge is 0.376 e. The standard InChI is InChI=1S/C16H17FN2/c1-11-8-9-18-10-15(11)19-16(12-2-3-12)13-4-6-14(17)7-5-13/h4-10,12,16,19H,2-3H2,1H3. The molecule has 2 aromatic rings. The summed E-state index contributed by atoms with van der Waals surface area (Å²) in [5, 5.41) is 3.56. The fourth-order valence-corrected chi connectivity index (χ4v) is 2.36.